The monoisotopic (exact) mass is 429 g/mol. The second kappa shape index (κ2) is 10.1. The molecule has 32 heavy (non-hydrogen) atoms. The largest absolute Gasteiger partial charge is 0.445 e. The van der Waals surface area contributed by atoms with E-state index in [1.54, 1.807) is 55.5 Å². The van der Waals surface area contributed by atoms with Gasteiger partial charge >= 0.3 is 5.97 Å². The number of aryl methyl sites for hydroxylation is 3. The summed E-state index contributed by atoms with van der Waals surface area (Å²) in [4.78, 5) is 38.2. The van der Waals surface area contributed by atoms with Crippen molar-refractivity contribution in [3.8, 4) is 0 Å². The number of ether oxygens (including phenoxy) is 1. The van der Waals surface area contributed by atoms with E-state index >= 15 is 0 Å². The minimum atomic E-state index is -1.08. The first-order chi connectivity index (χ1) is 15.3. The maximum atomic E-state index is 13.3. The Bertz CT molecular complexity index is 1150. The smallest absolute Gasteiger partial charge is 0.339 e. The van der Waals surface area contributed by atoms with Crippen LogP contribution in [0, 0.1) is 20.8 Å². The number of carbonyl (C=O) groups is 3. The van der Waals surface area contributed by atoms with Crippen molar-refractivity contribution in [2.45, 2.75) is 40.2 Å². The molecule has 3 aromatic carbocycles. The van der Waals surface area contributed by atoms with Crippen LogP contribution in [0.2, 0.25) is 0 Å². The molecule has 0 unspecified atom stereocenters. The number of hydrogen-bond acceptors (Lipinski definition) is 4. The van der Waals surface area contributed by atoms with E-state index in [2.05, 4.69) is 5.32 Å². The number of benzene rings is 3. The van der Waals surface area contributed by atoms with Crippen LogP contribution in [0.25, 0.3) is 0 Å². The molecular formula is C27H27NO4. The Labute approximate surface area is 188 Å². The van der Waals surface area contributed by atoms with Crippen molar-refractivity contribution in [3.63, 3.8) is 0 Å². The summed E-state index contributed by atoms with van der Waals surface area (Å²) >= 11 is 0. The summed E-state index contributed by atoms with van der Waals surface area (Å²) in [6.07, 6.45) is -0.755. The van der Waals surface area contributed by atoms with Crippen molar-refractivity contribution in [1.29, 1.82) is 0 Å². The maximum Gasteiger partial charge on any atom is 0.339 e. The SMILES string of the molecule is CCC(=O)Nc1cc(C(=O)O[C@H](C(=O)c2ccc(C)c(C)c2)c2ccccc2)ccc1C. The molecule has 0 heterocycles. The van der Waals surface area contributed by atoms with Crippen molar-refractivity contribution in [3.05, 3.63) is 100 Å². The number of carbonyl (C=O) groups excluding carboxylic acids is 3. The second-order valence-electron chi connectivity index (χ2n) is 7.79. The Morgan fingerprint density at radius 3 is 2.12 bits per heavy atom. The fourth-order valence-electron chi connectivity index (χ4n) is 3.24. The molecule has 0 fully saturated rings. The van der Waals surface area contributed by atoms with Crippen LogP contribution in [-0.2, 0) is 9.53 Å². The minimum Gasteiger partial charge on any atom is -0.445 e. The van der Waals surface area contributed by atoms with E-state index in [0.29, 0.717) is 23.2 Å². The molecule has 3 rings (SSSR count). The molecule has 1 amide bonds. The summed E-state index contributed by atoms with van der Waals surface area (Å²) < 4.78 is 5.73. The first-order valence-corrected chi connectivity index (χ1v) is 10.6. The number of Topliss-reactive ketones (excluding diaryl/α,β-unsaturated/α-hetero) is 1. The third-order valence-corrected chi connectivity index (χ3v) is 5.43. The molecule has 0 radical (unpaired) electrons. The van der Waals surface area contributed by atoms with E-state index in [-0.39, 0.29) is 17.3 Å². The van der Waals surface area contributed by atoms with Gasteiger partial charge in [0.2, 0.25) is 11.7 Å². The van der Waals surface area contributed by atoms with Crippen LogP contribution in [0.3, 0.4) is 0 Å². The lowest BCUT2D eigenvalue weighted by Gasteiger charge is -2.18. The fraction of sp³-hybridized carbons (Fsp3) is 0.222. The zero-order valence-electron chi connectivity index (χ0n) is 18.8. The van der Waals surface area contributed by atoms with E-state index in [0.717, 1.165) is 16.7 Å². The van der Waals surface area contributed by atoms with Gasteiger partial charge in [-0.25, -0.2) is 4.79 Å². The highest BCUT2D eigenvalue weighted by atomic mass is 16.5. The maximum absolute atomic E-state index is 13.3. The predicted octanol–water partition coefficient (Wildman–Crippen LogP) is 5.74. The van der Waals surface area contributed by atoms with Gasteiger partial charge in [-0.3, -0.25) is 9.59 Å². The first-order valence-electron chi connectivity index (χ1n) is 10.6. The summed E-state index contributed by atoms with van der Waals surface area (Å²) in [7, 11) is 0. The van der Waals surface area contributed by atoms with Crippen molar-refractivity contribution in [2.24, 2.45) is 0 Å². The number of nitrogens with one attached hydrogen (secondary N) is 1. The summed E-state index contributed by atoms with van der Waals surface area (Å²) in [5.41, 5.74) is 4.78. The van der Waals surface area contributed by atoms with Crippen molar-refractivity contribution in [2.75, 3.05) is 5.32 Å². The van der Waals surface area contributed by atoms with E-state index < -0.39 is 12.1 Å². The minimum absolute atomic E-state index is 0.148. The van der Waals surface area contributed by atoms with Crippen LogP contribution in [0.5, 0.6) is 0 Å². The molecule has 164 valence electrons. The van der Waals surface area contributed by atoms with Crippen LogP contribution in [0.1, 0.15) is 62.4 Å². The molecular weight excluding hydrogens is 402 g/mol. The molecule has 5 heteroatoms. The lowest BCUT2D eigenvalue weighted by atomic mass is 9.97. The van der Waals surface area contributed by atoms with Crippen LogP contribution < -0.4 is 5.32 Å². The van der Waals surface area contributed by atoms with Gasteiger partial charge in [0.15, 0.2) is 6.10 Å². The van der Waals surface area contributed by atoms with Gasteiger partial charge in [-0.05, 0) is 55.7 Å². The van der Waals surface area contributed by atoms with Gasteiger partial charge in [0.05, 0.1) is 5.56 Å². The number of anilines is 1. The summed E-state index contributed by atoms with van der Waals surface area (Å²) in [5.74, 6) is -1.08. The highest BCUT2D eigenvalue weighted by molar-refractivity contribution is 6.02. The van der Waals surface area contributed by atoms with Gasteiger partial charge in [-0.15, -0.1) is 0 Å². The van der Waals surface area contributed by atoms with Crippen LogP contribution in [0.15, 0.2) is 66.7 Å². The molecule has 1 N–H and O–H groups in total. The van der Waals surface area contributed by atoms with Gasteiger partial charge in [0, 0.05) is 23.2 Å². The van der Waals surface area contributed by atoms with Gasteiger partial charge in [0.25, 0.3) is 0 Å². The lowest BCUT2D eigenvalue weighted by molar-refractivity contribution is -0.115. The zero-order valence-corrected chi connectivity index (χ0v) is 18.8. The highest BCUT2D eigenvalue weighted by Gasteiger charge is 2.27. The van der Waals surface area contributed by atoms with Crippen LogP contribution in [-0.4, -0.2) is 17.7 Å². The number of hydrogen-bond donors (Lipinski definition) is 1. The molecule has 0 spiro atoms. The number of ketones is 1. The third kappa shape index (κ3) is 5.30. The Kier molecular flexibility index (Phi) is 7.21. The Morgan fingerprint density at radius 2 is 1.47 bits per heavy atom. The summed E-state index contributed by atoms with van der Waals surface area (Å²) in [6.45, 7) is 7.51. The Morgan fingerprint density at radius 1 is 0.812 bits per heavy atom. The van der Waals surface area contributed by atoms with Gasteiger partial charge in [-0.1, -0.05) is 55.5 Å². The molecule has 0 saturated heterocycles. The molecule has 0 bridgehead atoms. The highest BCUT2D eigenvalue weighted by Crippen LogP contribution is 2.26. The van der Waals surface area contributed by atoms with Crippen LogP contribution in [0.4, 0.5) is 5.69 Å². The van der Waals surface area contributed by atoms with E-state index in [4.69, 9.17) is 4.74 Å². The van der Waals surface area contributed by atoms with Crippen molar-refractivity contribution < 1.29 is 19.1 Å². The molecule has 0 aliphatic heterocycles. The quantitative estimate of drug-likeness (QED) is 0.384. The first kappa shape index (κ1) is 22.9. The molecule has 5 nitrogen and oxygen atoms in total. The topological polar surface area (TPSA) is 72.5 Å². The average Bonchev–Trinajstić information content (AvgIpc) is 2.80. The standard InChI is InChI=1S/C27H27NO4/c1-5-24(29)28-23-16-22(14-12-18(23)3)27(31)32-26(20-9-7-6-8-10-20)25(30)21-13-11-17(2)19(4)15-21/h6-16,26H,5H2,1-4H3,(H,28,29)/t26-/m0/s1. The molecule has 1 atom stereocenters. The zero-order chi connectivity index (χ0) is 23.3. The van der Waals surface area contributed by atoms with E-state index in [1.807, 2.05) is 39.0 Å². The predicted molar refractivity (Wildman–Crippen MR) is 125 cm³/mol. The number of rotatable bonds is 7. The van der Waals surface area contributed by atoms with E-state index in [1.165, 1.54) is 0 Å². The molecule has 0 aliphatic carbocycles. The normalized spacial score (nSPS) is 11.5. The van der Waals surface area contributed by atoms with Gasteiger partial charge in [0.1, 0.15) is 0 Å². The number of amides is 1. The van der Waals surface area contributed by atoms with Crippen molar-refractivity contribution in [1.82, 2.24) is 0 Å². The average molecular weight is 430 g/mol. The molecule has 0 saturated carbocycles. The fourth-order valence-corrected chi connectivity index (χ4v) is 3.24. The van der Waals surface area contributed by atoms with E-state index in [9.17, 15) is 14.4 Å². The third-order valence-electron chi connectivity index (χ3n) is 5.43. The van der Waals surface area contributed by atoms with Crippen molar-refractivity contribution >= 4 is 23.3 Å². The summed E-state index contributed by atoms with van der Waals surface area (Å²) in [6, 6.07) is 19.4. The van der Waals surface area contributed by atoms with Gasteiger partial charge in [-0.2, -0.15) is 0 Å². The molecule has 0 aromatic heterocycles. The summed E-state index contributed by atoms with van der Waals surface area (Å²) in [5, 5.41) is 2.79. The molecule has 0 aliphatic rings. The molecule has 3 aromatic rings. The number of esters is 1. The Hall–Kier alpha value is -3.73. The van der Waals surface area contributed by atoms with Crippen LogP contribution >= 0.6 is 0 Å². The van der Waals surface area contributed by atoms with Gasteiger partial charge < -0.3 is 10.1 Å². The second-order valence-corrected chi connectivity index (χ2v) is 7.79. The Balaban J connectivity index is 1.92. The lowest BCUT2D eigenvalue weighted by Crippen LogP contribution is -2.21.